The summed E-state index contributed by atoms with van der Waals surface area (Å²) >= 11 is 0. The number of hydrogen-bond donors (Lipinski definition) is 0. The van der Waals surface area contributed by atoms with Crippen LogP contribution in [-0.4, -0.2) is 13.2 Å². The predicted octanol–water partition coefficient (Wildman–Crippen LogP) is 4.04. The van der Waals surface area contributed by atoms with E-state index in [1.807, 2.05) is 7.11 Å². The molecule has 0 N–H and O–H groups in total. The van der Waals surface area contributed by atoms with Gasteiger partial charge >= 0.3 is 0 Å². The number of methoxy groups -OCH3 is 1. The maximum Gasteiger partial charge on any atom is 0.0812 e. The molecule has 2 aliphatic carbocycles. The van der Waals surface area contributed by atoms with Gasteiger partial charge in [-0.3, -0.25) is 0 Å². The minimum absolute atomic E-state index is 0.420. The van der Waals surface area contributed by atoms with E-state index < -0.39 is 0 Å². The second-order valence-corrected chi connectivity index (χ2v) is 6.26. The summed E-state index contributed by atoms with van der Waals surface area (Å²) in [6.45, 7) is 9.50. The third-order valence-corrected chi connectivity index (χ3v) is 4.75. The van der Waals surface area contributed by atoms with Gasteiger partial charge in [-0.1, -0.05) is 33.3 Å². The first-order valence-electron chi connectivity index (χ1n) is 6.78. The molecule has 0 aromatic rings. The van der Waals surface area contributed by atoms with E-state index in [9.17, 15) is 0 Å². The summed E-state index contributed by atoms with van der Waals surface area (Å²) in [4.78, 5) is 0. The van der Waals surface area contributed by atoms with Crippen molar-refractivity contribution in [1.29, 1.82) is 0 Å². The van der Waals surface area contributed by atoms with Gasteiger partial charge in [0.15, 0.2) is 0 Å². The van der Waals surface area contributed by atoms with Crippen LogP contribution in [0.3, 0.4) is 0 Å². The van der Waals surface area contributed by atoms with Crippen molar-refractivity contribution in [3.8, 4) is 0 Å². The number of ether oxygens (including phenoxy) is 1. The Bertz CT molecular complexity index is 290. The molecule has 4 atom stereocenters. The zero-order valence-corrected chi connectivity index (χ0v) is 11.4. The lowest BCUT2D eigenvalue weighted by molar-refractivity contribution is 0.0904. The highest BCUT2D eigenvalue weighted by Crippen LogP contribution is 2.47. The van der Waals surface area contributed by atoms with Crippen LogP contribution in [0, 0.1) is 23.7 Å². The minimum Gasteiger partial charge on any atom is -0.377 e. The molecule has 2 unspecified atom stereocenters. The van der Waals surface area contributed by atoms with Gasteiger partial charge in [0, 0.05) is 7.11 Å². The standard InChI is InChI=1S/C15H26O/c1-9(2)13-8-14-12(6-10(13)3)7-11(4)15(14)16-5/h9-11,13,15H,6-8H2,1-5H3/t10-,11?,13+,15?/m0/s1. The van der Waals surface area contributed by atoms with Crippen LogP contribution in [0.1, 0.15) is 47.0 Å². The molecule has 0 saturated heterocycles. The van der Waals surface area contributed by atoms with Gasteiger partial charge in [-0.25, -0.2) is 0 Å². The normalized spacial score (nSPS) is 39.4. The molecule has 16 heavy (non-hydrogen) atoms. The zero-order chi connectivity index (χ0) is 11.9. The highest BCUT2D eigenvalue weighted by molar-refractivity contribution is 5.29. The molecule has 0 amide bonds. The number of allylic oxidation sites excluding steroid dienone is 1. The maximum absolute atomic E-state index is 5.70. The van der Waals surface area contributed by atoms with Gasteiger partial charge in [-0.15, -0.1) is 0 Å². The average Bonchev–Trinajstić information content (AvgIpc) is 2.50. The Hall–Kier alpha value is -0.300. The van der Waals surface area contributed by atoms with Crippen molar-refractivity contribution < 1.29 is 4.74 Å². The molecule has 1 heteroatoms. The van der Waals surface area contributed by atoms with Crippen LogP contribution in [0.2, 0.25) is 0 Å². The van der Waals surface area contributed by atoms with Crippen LogP contribution < -0.4 is 0 Å². The van der Waals surface area contributed by atoms with Crippen molar-refractivity contribution in [3.63, 3.8) is 0 Å². The SMILES string of the molecule is COC1C2=C(CC1C)C[C@H](C)[C@@H](C(C)C)C2. The van der Waals surface area contributed by atoms with E-state index in [1.54, 1.807) is 11.1 Å². The van der Waals surface area contributed by atoms with E-state index in [0.29, 0.717) is 12.0 Å². The second kappa shape index (κ2) is 4.52. The summed E-state index contributed by atoms with van der Waals surface area (Å²) in [6.07, 6.45) is 4.31. The third-order valence-electron chi connectivity index (χ3n) is 4.75. The van der Waals surface area contributed by atoms with Gasteiger partial charge in [0.2, 0.25) is 0 Å². The largest absolute Gasteiger partial charge is 0.377 e. The Kier molecular flexibility index (Phi) is 3.44. The topological polar surface area (TPSA) is 9.23 Å². The van der Waals surface area contributed by atoms with Crippen molar-refractivity contribution in [2.75, 3.05) is 7.11 Å². The molecule has 0 radical (unpaired) electrons. The smallest absolute Gasteiger partial charge is 0.0812 e. The summed E-state index contributed by atoms with van der Waals surface area (Å²) in [6, 6.07) is 0. The van der Waals surface area contributed by atoms with Crippen molar-refractivity contribution in [2.24, 2.45) is 23.7 Å². The number of rotatable bonds is 2. The molecule has 0 bridgehead atoms. The Labute approximate surface area is 100 Å². The van der Waals surface area contributed by atoms with Gasteiger partial charge in [0.25, 0.3) is 0 Å². The van der Waals surface area contributed by atoms with Gasteiger partial charge in [0.1, 0.15) is 0 Å². The highest BCUT2D eigenvalue weighted by Gasteiger charge is 2.38. The summed E-state index contributed by atoms with van der Waals surface area (Å²) in [7, 11) is 1.87. The maximum atomic E-state index is 5.70. The zero-order valence-electron chi connectivity index (χ0n) is 11.4. The first-order chi connectivity index (χ1) is 7.54. The molecule has 1 nitrogen and oxygen atoms in total. The summed E-state index contributed by atoms with van der Waals surface area (Å²) in [5.74, 6) is 3.23. The first kappa shape index (κ1) is 12.2. The van der Waals surface area contributed by atoms with Crippen LogP contribution in [-0.2, 0) is 4.74 Å². The minimum atomic E-state index is 0.420. The number of hydrogen-bond acceptors (Lipinski definition) is 1. The van der Waals surface area contributed by atoms with E-state index in [0.717, 1.165) is 17.8 Å². The first-order valence-corrected chi connectivity index (χ1v) is 6.78. The van der Waals surface area contributed by atoms with Crippen molar-refractivity contribution >= 4 is 0 Å². The Morgan fingerprint density at radius 2 is 1.69 bits per heavy atom. The molecular weight excluding hydrogens is 196 g/mol. The Morgan fingerprint density at radius 3 is 2.25 bits per heavy atom. The van der Waals surface area contributed by atoms with Crippen LogP contribution >= 0.6 is 0 Å². The van der Waals surface area contributed by atoms with E-state index in [4.69, 9.17) is 4.74 Å². The monoisotopic (exact) mass is 222 g/mol. The quantitative estimate of drug-likeness (QED) is 0.641. The van der Waals surface area contributed by atoms with E-state index >= 15 is 0 Å². The van der Waals surface area contributed by atoms with Crippen LogP contribution in [0.4, 0.5) is 0 Å². The van der Waals surface area contributed by atoms with E-state index in [-0.39, 0.29) is 0 Å². The van der Waals surface area contributed by atoms with Gasteiger partial charge in [-0.2, -0.15) is 0 Å². The molecule has 0 saturated carbocycles. The molecule has 0 fully saturated rings. The lowest BCUT2D eigenvalue weighted by Gasteiger charge is -2.34. The average molecular weight is 222 g/mol. The molecule has 2 rings (SSSR count). The fraction of sp³-hybridized carbons (Fsp3) is 0.867. The molecule has 0 spiro atoms. The predicted molar refractivity (Wildman–Crippen MR) is 68.3 cm³/mol. The van der Waals surface area contributed by atoms with E-state index in [2.05, 4.69) is 27.7 Å². The molecular formula is C15H26O. The second-order valence-electron chi connectivity index (χ2n) is 6.26. The van der Waals surface area contributed by atoms with Gasteiger partial charge in [0.05, 0.1) is 6.10 Å². The summed E-state index contributed by atoms with van der Waals surface area (Å²) in [5, 5.41) is 0. The molecule has 0 aromatic heterocycles. The van der Waals surface area contributed by atoms with Crippen LogP contribution in [0.5, 0.6) is 0 Å². The van der Waals surface area contributed by atoms with Gasteiger partial charge < -0.3 is 4.74 Å². The van der Waals surface area contributed by atoms with E-state index in [1.165, 1.54) is 19.3 Å². The molecule has 0 heterocycles. The van der Waals surface area contributed by atoms with Crippen molar-refractivity contribution in [3.05, 3.63) is 11.1 Å². The molecule has 2 aliphatic rings. The van der Waals surface area contributed by atoms with Crippen LogP contribution in [0.25, 0.3) is 0 Å². The summed E-state index contributed by atoms with van der Waals surface area (Å²) < 4.78 is 5.70. The molecule has 92 valence electrons. The van der Waals surface area contributed by atoms with Crippen LogP contribution in [0.15, 0.2) is 11.1 Å². The fourth-order valence-electron chi connectivity index (χ4n) is 3.91. The summed E-state index contributed by atoms with van der Waals surface area (Å²) in [5.41, 5.74) is 3.38. The molecule has 0 aliphatic heterocycles. The Morgan fingerprint density at radius 1 is 1.06 bits per heavy atom. The Balaban J connectivity index is 2.19. The fourth-order valence-corrected chi connectivity index (χ4v) is 3.91. The van der Waals surface area contributed by atoms with Gasteiger partial charge in [-0.05, 0) is 48.5 Å². The molecule has 0 aromatic carbocycles. The lowest BCUT2D eigenvalue weighted by Crippen LogP contribution is -2.26. The highest BCUT2D eigenvalue weighted by atomic mass is 16.5. The van der Waals surface area contributed by atoms with Crippen molar-refractivity contribution in [1.82, 2.24) is 0 Å². The van der Waals surface area contributed by atoms with Crippen molar-refractivity contribution in [2.45, 2.75) is 53.1 Å². The third kappa shape index (κ3) is 1.95. The lowest BCUT2D eigenvalue weighted by atomic mass is 9.72.